The molecule has 3 unspecified atom stereocenters. The standard InChI is InChI=1S/C26H26N2O6S/c29-23(30)15-20(27-25(32)22(35)14-16-6-2-1-3-7-16)24(31)28-21(26(33)34)13-17-10-11-18-8-4-5-9-19(18)12-17/h1-12,20-22,35H,13-15H2,(H,27,32)(H,28,31)(H,29,30)(H,33,34). The van der Waals surface area contributed by atoms with Crippen LogP contribution in [-0.4, -0.2) is 51.3 Å². The van der Waals surface area contributed by atoms with Gasteiger partial charge in [-0.25, -0.2) is 4.79 Å². The minimum absolute atomic E-state index is 0.0111. The summed E-state index contributed by atoms with van der Waals surface area (Å²) in [5.41, 5.74) is 1.54. The second kappa shape index (κ2) is 12.0. The number of benzene rings is 3. The highest BCUT2D eigenvalue weighted by molar-refractivity contribution is 7.81. The number of amides is 2. The highest BCUT2D eigenvalue weighted by Crippen LogP contribution is 2.17. The number of carbonyl (C=O) groups is 4. The predicted molar refractivity (Wildman–Crippen MR) is 134 cm³/mol. The number of carboxylic acids is 2. The first kappa shape index (κ1) is 25.8. The summed E-state index contributed by atoms with van der Waals surface area (Å²) in [5.74, 6) is -4.11. The predicted octanol–water partition coefficient (Wildman–Crippen LogP) is 2.45. The fourth-order valence-electron chi connectivity index (χ4n) is 3.66. The van der Waals surface area contributed by atoms with Crippen molar-refractivity contribution in [3.05, 3.63) is 83.9 Å². The first-order chi connectivity index (χ1) is 16.7. The van der Waals surface area contributed by atoms with Gasteiger partial charge in [-0.15, -0.1) is 0 Å². The van der Waals surface area contributed by atoms with Crippen LogP contribution < -0.4 is 10.6 Å². The minimum atomic E-state index is -1.45. The molecule has 35 heavy (non-hydrogen) atoms. The smallest absolute Gasteiger partial charge is 0.326 e. The van der Waals surface area contributed by atoms with E-state index in [0.717, 1.165) is 16.3 Å². The molecular formula is C26H26N2O6S. The molecule has 0 spiro atoms. The van der Waals surface area contributed by atoms with Crippen molar-refractivity contribution in [2.24, 2.45) is 0 Å². The molecule has 0 radical (unpaired) electrons. The second-order valence-electron chi connectivity index (χ2n) is 8.15. The van der Waals surface area contributed by atoms with E-state index in [-0.39, 0.29) is 12.8 Å². The summed E-state index contributed by atoms with van der Waals surface area (Å²) >= 11 is 4.28. The number of fused-ring (bicyclic) bond motifs is 1. The monoisotopic (exact) mass is 494 g/mol. The maximum absolute atomic E-state index is 12.8. The van der Waals surface area contributed by atoms with Crippen LogP contribution in [0.3, 0.4) is 0 Å². The van der Waals surface area contributed by atoms with Gasteiger partial charge in [-0.05, 0) is 28.3 Å². The Balaban J connectivity index is 1.68. The number of carbonyl (C=O) groups excluding carboxylic acids is 2. The van der Waals surface area contributed by atoms with Crippen molar-refractivity contribution < 1.29 is 29.4 Å². The maximum Gasteiger partial charge on any atom is 0.326 e. The van der Waals surface area contributed by atoms with E-state index in [2.05, 4.69) is 23.3 Å². The fraction of sp³-hybridized carbons (Fsp3) is 0.231. The number of aliphatic carboxylic acids is 2. The van der Waals surface area contributed by atoms with Crippen LogP contribution in [0, 0.1) is 0 Å². The Morgan fingerprint density at radius 2 is 1.34 bits per heavy atom. The number of rotatable bonds is 11. The zero-order chi connectivity index (χ0) is 25.4. The third-order valence-corrected chi connectivity index (χ3v) is 5.87. The van der Waals surface area contributed by atoms with Crippen LogP contribution in [0.25, 0.3) is 10.8 Å². The number of thiol groups is 1. The number of hydrogen-bond donors (Lipinski definition) is 5. The van der Waals surface area contributed by atoms with Gasteiger partial charge < -0.3 is 20.8 Å². The molecular weight excluding hydrogens is 468 g/mol. The molecule has 3 atom stereocenters. The van der Waals surface area contributed by atoms with Crippen LogP contribution in [0.4, 0.5) is 0 Å². The quantitative estimate of drug-likeness (QED) is 0.260. The summed E-state index contributed by atoms with van der Waals surface area (Å²) < 4.78 is 0. The van der Waals surface area contributed by atoms with Crippen molar-refractivity contribution in [2.75, 3.05) is 0 Å². The van der Waals surface area contributed by atoms with Gasteiger partial charge in [-0.2, -0.15) is 12.6 Å². The van der Waals surface area contributed by atoms with Crippen LogP contribution in [0.15, 0.2) is 72.8 Å². The highest BCUT2D eigenvalue weighted by atomic mass is 32.1. The van der Waals surface area contributed by atoms with Crippen molar-refractivity contribution in [2.45, 2.75) is 36.6 Å². The van der Waals surface area contributed by atoms with Gasteiger partial charge in [0.15, 0.2) is 0 Å². The van der Waals surface area contributed by atoms with E-state index in [9.17, 15) is 29.4 Å². The van der Waals surface area contributed by atoms with E-state index in [1.54, 1.807) is 6.07 Å². The number of carboxylic acid groups (broad SMARTS) is 2. The van der Waals surface area contributed by atoms with Crippen LogP contribution in [0.2, 0.25) is 0 Å². The van der Waals surface area contributed by atoms with E-state index >= 15 is 0 Å². The van der Waals surface area contributed by atoms with Crippen LogP contribution >= 0.6 is 12.6 Å². The summed E-state index contributed by atoms with van der Waals surface area (Å²) in [6.45, 7) is 0. The molecule has 0 aliphatic rings. The van der Waals surface area contributed by atoms with Gasteiger partial charge in [-0.1, -0.05) is 72.8 Å². The molecule has 0 saturated heterocycles. The molecule has 0 aromatic heterocycles. The minimum Gasteiger partial charge on any atom is -0.481 e. The van der Waals surface area contributed by atoms with Crippen LogP contribution in [-0.2, 0) is 32.0 Å². The Hall–Kier alpha value is -3.85. The summed E-state index contributed by atoms with van der Waals surface area (Å²) in [5, 5.41) is 24.8. The van der Waals surface area contributed by atoms with E-state index < -0.39 is 47.5 Å². The average Bonchev–Trinajstić information content (AvgIpc) is 2.83. The van der Waals surface area contributed by atoms with E-state index in [0.29, 0.717) is 5.56 Å². The Kier molecular flexibility index (Phi) is 8.86. The maximum atomic E-state index is 12.8. The SMILES string of the molecule is O=C(O)CC(NC(=O)C(S)Cc1ccccc1)C(=O)NC(Cc1ccc2ccccc2c1)C(=O)O. The van der Waals surface area contributed by atoms with Crippen molar-refractivity contribution >= 4 is 47.2 Å². The Bertz CT molecular complexity index is 1220. The van der Waals surface area contributed by atoms with Gasteiger partial charge in [0.25, 0.3) is 0 Å². The molecule has 2 amide bonds. The molecule has 3 aromatic rings. The topological polar surface area (TPSA) is 133 Å². The van der Waals surface area contributed by atoms with Gasteiger partial charge in [0, 0.05) is 6.42 Å². The van der Waals surface area contributed by atoms with Gasteiger partial charge in [0.1, 0.15) is 12.1 Å². The third kappa shape index (κ3) is 7.58. The van der Waals surface area contributed by atoms with Crippen LogP contribution in [0.5, 0.6) is 0 Å². The normalized spacial score (nSPS) is 13.4. The van der Waals surface area contributed by atoms with Gasteiger partial charge in [0.05, 0.1) is 11.7 Å². The Morgan fingerprint density at radius 1 is 0.714 bits per heavy atom. The largest absolute Gasteiger partial charge is 0.481 e. The molecule has 0 aliphatic heterocycles. The molecule has 0 saturated carbocycles. The molecule has 9 heteroatoms. The fourth-order valence-corrected chi connectivity index (χ4v) is 3.94. The molecule has 3 rings (SSSR count). The van der Waals surface area contributed by atoms with Gasteiger partial charge >= 0.3 is 11.9 Å². The second-order valence-corrected chi connectivity index (χ2v) is 8.77. The molecule has 0 heterocycles. The van der Waals surface area contributed by atoms with Crippen molar-refractivity contribution in [3.8, 4) is 0 Å². The van der Waals surface area contributed by atoms with E-state index in [1.807, 2.05) is 66.7 Å². The summed E-state index contributed by atoms with van der Waals surface area (Å²) in [4.78, 5) is 48.6. The Morgan fingerprint density at radius 3 is 2.00 bits per heavy atom. The first-order valence-corrected chi connectivity index (χ1v) is 11.5. The van der Waals surface area contributed by atoms with Crippen LogP contribution in [0.1, 0.15) is 17.5 Å². The number of nitrogens with one attached hydrogen (secondary N) is 2. The summed E-state index contributed by atoms with van der Waals surface area (Å²) in [6, 6.07) is 19.4. The lowest BCUT2D eigenvalue weighted by Gasteiger charge is -2.22. The van der Waals surface area contributed by atoms with E-state index in [4.69, 9.17) is 0 Å². The van der Waals surface area contributed by atoms with Crippen molar-refractivity contribution in [3.63, 3.8) is 0 Å². The molecule has 0 bridgehead atoms. The number of hydrogen-bond acceptors (Lipinski definition) is 5. The molecule has 4 N–H and O–H groups in total. The molecule has 3 aromatic carbocycles. The van der Waals surface area contributed by atoms with Gasteiger partial charge in [0.2, 0.25) is 11.8 Å². The average molecular weight is 495 g/mol. The molecule has 8 nitrogen and oxygen atoms in total. The molecule has 0 fully saturated rings. The lowest BCUT2D eigenvalue weighted by Crippen LogP contribution is -2.54. The van der Waals surface area contributed by atoms with E-state index in [1.165, 1.54) is 0 Å². The molecule has 182 valence electrons. The zero-order valence-corrected chi connectivity index (χ0v) is 19.7. The zero-order valence-electron chi connectivity index (χ0n) is 18.8. The molecule has 0 aliphatic carbocycles. The lowest BCUT2D eigenvalue weighted by molar-refractivity contribution is -0.143. The Labute approximate surface area is 207 Å². The highest BCUT2D eigenvalue weighted by Gasteiger charge is 2.30. The van der Waals surface area contributed by atoms with Crippen molar-refractivity contribution in [1.82, 2.24) is 10.6 Å². The third-order valence-electron chi connectivity index (χ3n) is 5.45. The summed E-state index contributed by atoms with van der Waals surface area (Å²) in [6.07, 6.45) is -0.439. The first-order valence-electron chi connectivity index (χ1n) is 11.0. The summed E-state index contributed by atoms with van der Waals surface area (Å²) in [7, 11) is 0. The van der Waals surface area contributed by atoms with Gasteiger partial charge in [-0.3, -0.25) is 14.4 Å². The lowest BCUT2D eigenvalue weighted by atomic mass is 10.0. The van der Waals surface area contributed by atoms with Crippen molar-refractivity contribution in [1.29, 1.82) is 0 Å².